The number of aliphatic imine (C=N–C) groups is 1. The van der Waals surface area contributed by atoms with E-state index in [9.17, 15) is 13.6 Å². The molecule has 78 valence electrons. The molecule has 0 unspecified atom stereocenters. The first kappa shape index (κ1) is 10.1. The van der Waals surface area contributed by atoms with Crippen LogP contribution in [0.5, 0.6) is 0 Å². The normalized spacial score (nSPS) is 18.3. The van der Waals surface area contributed by atoms with Crippen LogP contribution in [-0.2, 0) is 4.79 Å². The molecule has 1 aromatic rings. The van der Waals surface area contributed by atoms with Crippen LogP contribution < -0.4 is 5.32 Å². The summed E-state index contributed by atoms with van der Waals surface area (Å²) in [5.41, 5.74) is -0.111. The molecule has 0 bridgehead atoms. The van der Waals surface area contributed by atoms with Crippen molar-refractivity contribution in [3.8, 4) is 0 Å². The van der Waals surface area contributed by atoms with Gasteiger partial charge in [0.1, 0.15) is 17.3 Å². The van der Waals surface area contributed by atoms with Gasteiger partial charge in [0, 0.05) is 6.07 Å². The molecule has 0 aromatic heterocycles. The number of nitrogens with zero attached hydrogens (tertiary/aromatic N) is 1. The minimum Gasteiger partial charge on any atom is -0.304 e. The van der Waals surface area contributed by atoms with Crippen LogP contribution >= 0.6 is 11.8 Å². The Morgan fingerprint density at radius 3 is 2.87 bits per heavy atom. The third-order valence-corrected chi connectivity index (χ3v) is 2.59. The van der Waals surface area contributed by atoms with Gasteiger partial charge in [0.15, 0.2) is 5.17 Å². The van der Waals surface area contributed by atoms with Crippen LogP contribution in [0, 0.1) is 11.6 Å². The second-order valence-corrected chi connectivity index (χ2v) is 3.81. The Hall–Kier alpha value is -1.43. The van der Waals surface area contributed by atoms with Gasteiger partial charge in [0.25, 0.3) is 0 Å². The largest absolute Gasteiger partial charge is 0.304 e. The first-order valence-electron chi connectivity index (χ1n) is 4.11. The monoisotopic (exact) mass is 228 g/mol. The van der Waals surface area contributed by atoms with Crippen LogP contribution in [0.2, 0.25) is 0 Å². The molecule has 0 spiro atoms. The molecule has 1 N–H and O–H groups in total. The molecule has 2 rings (SSSR count). The fourth-order valence-electron chi connectivity index (χ4n) is 1.07. The minimum atomic E-state index is -0.620. The Balaban J connectivity index is 2.30. The highest BCUT2D eigenvalue weighted by atomic mass is 32.2. The third-order valence-electron chi connectivity index (χ3n) is 1.72. The molecule has 1 heterocycles. The molecule has 15 heavy (non-hydrogen) atoms. The van der Waals surface area contributed by atoms with E-state index in [2.05, 4.69) is 10.3 Å². The van der Waals surface area contributed by atoms with Crippen molar-refractivity contribution >= 4 is 28.5 Å². The summed E-state index contributed by atoms with van der Waals surface area (Å²) >= 11 is 1.16. The number of rotatable bonds is 1. The highest BCUT2D eigenvalue weighted by molar-refractivity contribution is 8.15. The number of nitrogens with one attached hydrogen (secondary N) is 1. The number of benzene rings is 1. The van der Waals surface area contributed by atoms with Crippen molar-refractivity contribution in [1.82, 2.24) is 5.32 Å². The maximum Gasteiger partial charge on any atom is 0.236 e. The van der Waals surface area contributed by atoms with E-state index in [1.165, 1.54) is 0 Å². The van der Waals surface area contributed by atoms with Gasteiger partial charge in [-0.2, -0.15) is 0 Å². The number of amidine groups is 1. The highest BCUT2D eigenvalue weighted by Crippen LogP contribution is 2.21. The maximum atomic E-state index is 13.1. The molecule has 0 radical (unpaired) electrons. The first-order valence-corrected chi connectivity index (χ1v) is 5.10. The average molecular weight is 228 g/mol. The zero-order valence-electron chi connectivity index (χ0n) is 7.46. The van der Waals surface area contributed by atoms with Crippen molar-refractivity contribution in [3.63, 3.8) is 0 Å². The Morgan fingerprint density at radius 2 is 2.20 bits per heavy atom. The summed E-state index contributed by atoms with van der Waals surface area (Å²) in [6.45, 7) is 0. The summed E-state index contributed by atoms with van der Waals surface area (Å²) in [7, 11) is 0. The van der Waals surface area contributed by atoms with Crippen LogP contribution in [0.1, 0.15) is 0 Å². The summed E-state index contributed by atoms with van der Waals surface area (Å²) in [4.78, 5) is 14.6. The smallest absolute Gasteiger partial charge is 0.236 e. The number of thioether (sulfide) groups is 1. The number of amides is 1. The van der Waals surface area contributed by atoms with Gasteiger partial charge in [-0.15, -0.1) is 0 Å². The van der Waals surface area contributed by atoms with Crippen molar-refractivity contribution in [2.45, 2.75) is 0 Å². The molecule has 1 aliphatic heterocycles. The predicted octanol–water partition coefficient (Wildman–Crippen LogP) is 1.82. The van der Waals surface area contributed by atoms with E-state index in [0.29, 0.717) is 5.17 Å². The lowest BCUT2D eigenvalue weighted by Crippen LogP contribution is -2.19. The lowest BCUT2D eigenvalue weighted by atomic mass is 10.3. The first-order chi connectivity index (χ1) is 7.15. The van der Waals surface area contributed by atoms with Crippen molar-refractivity contribution in [3.05, 3.63) is 29.8 Å². The number of hydrogen-bond acceptors (Lipinski definition) is 3. The van der Waals surface area contributed by atoms with Crippen molar-refractivity contribution in [1.29, 1.82) is 0 Å². The van der Waals surface area contributed by atoms with Gasteiger partial charge >= 0.3 is 0 Å². The Morgan fingerprint density at radius 1 is 1.40 bits per heavy atom. The molecule has 1 saturated heterocycles. The Kier molecular flexibility index (Phi) is 2.68. The third kappa shape index (κ3) is 2.33. The van der Waals surface area contributed by atoms with Crippen molar-refractivity contribution < 1.29 is 13.6 Å². The van der Waals surface area contributed by atoms with Crippen LogP contribution in [0.25, 0.3) is 0 Å². The Labute approximate surface area is 88.6 Å². The molecule has 6 heteroatoms. The van der Waals surface area contributed by atoms with E-state index in [4.69, 9.17) is 0 Å². The number of carbonyl (C=O) groups is 1. The van der Waals surface area contributed by atoms with Crippen LogP contribution in [0.3, 0.4) is 0 Å². The minimum absolute atomic E-state index is 0.111. The summed E-state index contributed by atoms with van der Waals surface area (Å²) in [6, 6.07) is 2.99. The van der Waals surface area contributed by atoms with E-state index >= 15 is 0 Å². The van der Waals surface area contributed by atoms with Gasteiger partial charge in [-0.3, -0.25) is 4.79 Å². The molecule has 0 saturated carbocycles. The molecule has 3 nitrogen and oxygen atoms in total. The zero-order chi connectivity index (χ0) is 10.8. The molecule has 0 atom stereocenters. The number of halogens is 2. The Bertz CT molecular complexity index is 448. The predicted molar refractivity (Wildman–Crippen MR) is 54.1 cm³/mol. The second-order valence-electron chi connectivity index (χ2n) is 2.85. The fourth-order valence-corrected chi connectivity index (χ4v) is 1.76. The average Bonchev–Trinajstić information content (AvgIpc) is 2.58. The molecule has 1 amide bonds. The van der Waals surface area contributed by atoms with E-state index in [-0.39, 0.29) is 17.3 Å². The van der Waals surface area contributed by atoms with Crippen LogP contribution in [-0.4, -0.2) is 16.8 Å². The zero-order valence-corrected chi connectivity index (χ0v) is 8.28. The van der Waals surface area contributed by atoms with Gasteiger partial charge in [0.2, 0.25) is 5.91 Å². The number of carbonyl (C=O) groups excluding carboxylic acids is 1. The van der Waals surface area contributed by atoms with Crippen molar-refractivity contribution in [2.75, 3.05) is 5.75 Å². The van der Waals surface area contributed by atoms with E-state index in [1.807, 2.05) is 0 Å². The van der Waals surface area contributed by atoms with E-state index < -0.39 is 11.6 Å². The standard InChI is InChI=1S/C9H6F2N2OS/c10-5-1-2-6(11)7(3-5)12-9-13-8(14)4-15-9/h1-3H,4H2,(H,12,13,14). The summed E-state index contributed by atoms with van der Waals surface area (Å²) in [5.74, 6) is -1.11. The van der Waals surface area contributed by atoms with Crippen LogP contribution in [0.4, 0.5) is 14.5 Å². The molecule has 0 aliphatic carbocycles. The molecular formula is C9H6F2N2OS. The molecule has 1 fully saturated rings. The van der Waals surface area contributed by atoms with Gasteiger partial charge in [0.05, 0.1) is 5.75 Å². The number of hydrogen-bond donors (Lipinski definition) is 1. The van der Waals surface area contributed by atoms with Crippen LogP contribution in [0.15, 0.2) is 23.2 Å². The van der Waals surface area contributed by atoms with Gasteiger partial charge in [-0.1, -0.05) is 11.8 Å². The lowest BCUT2D eigenvalue weighted by Gasteiger charge is -1.98. The van der Waals surface area contributed by atoms with Gasteiger partial charge in [-0.05, 0) is 12.1 Å². The van der Waals surface area contributed by atoms with E-state index in [1.54, 1.807) is 0 Å². The van der Waals surface area contributed by atoms with E-state index in [0.717, 1.165) is 30.0 Å². The summed E-state index contributed by atoms with van der Waals surface area (Å²) in [5, 5.41) is 2.73. The lowest BCUT2D eigenvalue weighted by molar-refractivity contribution is -0.116. The fraction of sp³-hybridized carbons (Fsp3) is 0.111. The molecule has 1 aromatic carbocycles. The SMILES string of the molecule is O=C1CS/C(=N\c2cc(F)ccc2F)N1. The summed E-state index contributed by atoms with van der Waals surface area (Å²) < 4.78 is 25.9. The van der Waals surface area contributed by atoms with Gasteiger partial charge in [-0.25, -0.2) is 13.8 Å². The summed E-state index contributed by atoms with van der Waals surface area (Å²) in [6.07, 6.45) is 0. The van der Waals surface area contributed by atoms with Crippen molar-refractivity contribution in [2.24, 2.45) is 4.99 Å². The molecular weight excluding hydrogens is 222 g/mol. The molecule has 1 aliphatic rings. The highest BCUT2D eigenvalue weighted by Gasteiger charge is 2.17. The quantitative estimate of drug-likeness (QED) is 0.796. The maximum absolute atomic E-state index is 13.1. The second kappa shape index (κ2) is 3.98. The topological polar surface area (TPSA) is 41.5 Å². The van der Waals surface area contributed by atoms with Gasteiger partial charge < -0.3 is 5.32 Å².